The second-order valence-electron chi connectivity index (χ2n) is 7.30. The Morgan fingerprint density at radius 1 is 1.44 bits per heavy atom. The van der Waals surface area contributed by atoms with E-state index in [4.69, 9.17) is 9.26 Å². The molecule has 0 aliphatic carbocycles. The number of hydrogen-bond donors (Lipinski definition) is 2. The van der Waals surface area contributed by atoms with Crippen LogP contribution in [0.3, 0.4) is 0 Å². The number of benzene rings is 1. The van der Waals surface area contributed by atoms with E-state index in [0.717, 1.165) is 12.8 Å². The van der Waals surface area contributed by atoms with E-state index in [2.05, 4.69) is 5.16 Å². The van der Waals surface area contributed by atoms with Crippen LogP contribution in [0.1, 0.15) is 37.0 Å². The van der Waals surface area contributed by atoms with Crippen molar-refractivity contribution < 1.29 is 28.7 Å². The summed E-state index contributed by atoms with van der Waals surface area (Å²) >= 11 is 0. The van der Waals surface area contributed by atoms with Gasteiger partial charge in [0.15, 0.2) is 28.7 Å². The first kappa shape index (κ1) is 19.2. The van der Waals surface area contributed by atoms with E-state index >= 15 is 0 Å². The number of ether oxygens (including phenoxy) is 1. The van der Waals surface area contributed by atoms with Crippen molar-refractivity contribution in [2.45, 2.75) is 32.3 Å². The number of carboxylic acid groups (broad SMARTS) is 1. The Labute approximate surface area is 156 Å². The van der Waals surface area contributed by atoms with Crippen LogP contribution in [-0.4, -0.2) is 47.1 Å². The number of halogens is 1. The van der Waals surface area contributed by atoms with Crippen molar-refractivity contribution >= 4 is 11.8 Å². The zero-order chi connectivity index (χ0) is 19.8. The normalized spacial score (nSPS) is 17.8. The zero-order valence-corrected chi connectivity index (χ0v) is 15.5. The van der Waals surface area contributed by atoms with Gasteiger partial charge in [0, 0.05) is 24.6 Å². The van der Waals surface area contributed by atoms with Crippen molar-refractivity contribution in [3.63, 3.8) is 0 Å². The molecule has 1 atom stereocenters. The zero-order valence-electron chi connectivity index (χ0n) is 15.5. The van der Waals surface area contributed by atoms with Gasteiger partial charge >= 0.3 is 5.97 Å². The SMILES string of the molecule is COc1cc(-c2onc(N3CCCC(C(C)(C)O)C3)c2C(=O)O)ccc1F. The highest BCUT2D eigenvalue weighted by Crippen LogP contribution is 2.36. The maximum atomic E-state index is 13.7. The van der Waals surface area contributed by atoms with Crippen LogP contribution in [0.2, 0.25) is 0 Å². The molecule has 1 unspecified atom stereocenters. The maximum absolute atomic E-state index is 13.7. The molecule has 1 aromatic carbocycles. The van der Waals surface area contributed by atoms with E-state index in [9.17, 15) is 19.4 Å². The van der Waals surface area contributed by atoms with Gasteiger partial charge in [-0.1, -0.05) is 5.16 Å². The van der Waals surface area contributed by atoms with Crippen molar-refractivity contribution in [1.29, 1.82) is 0 Å². The van der Waals surface area contributed by atoms with Gasteiger partial charge in [-0.25, -0.2) is 9.18 Å². The number of aromatic nitrogens is 1. The fourth-order valence-electron chi connectivity index (χ4n) is 3.43. The highest BCUT2D eigenvalue weighted by atomic mass is 19.1. The van der Waals surface area contributed by atoms with E-state index in [-0.39, 0.29) is 28.8 Å². The molecule has 1 saturated heterocycles. The summed E-state index contributed by atoms with van der Waals surface area (Å²) < 4.78 is 24.0. The fourth-order valence-corrected chi connectivity index (χ4v) is 3.43. The summed E-state index contributed by atoms with van der Waals surface area (Å²) in [6.45, 7) is 4.59. The lowest BCUT2D eigenvalue weighted by atomic mass is 9.84. The van der Waals surface area contributed by atoms with Crippen LogP contribution in [0.5, 0.6) is 5.75 Å². The third kappa shape index (κ3) is 3.75. The smallest absolute Gasteiger partial charge is 0.343 e. The summed E-state index contributed by atoms with van der Waals surface area (Å²) in [6.07, 6.45) is 1.66. The second-order valence-corrected chi connectivity index (χ2v) is 7.30. The molecule has 0 saturated carbocycles. The molecule has 0 bridgehead atoms. The molecule has 1 aromatic heterocycles. The van der Waals surface area contributed by atoms with Gasteiger partial charge in [-0.3, -0.25) is 0 Å². The summed E-state index contributed by atoms with van der Waals surface area (Å²) in [6, 6.07) is 3.99. The number of hydrogen-bond acceptors (Lipinski definition) is 6. The van der Waals surface area contributed by atoms with Gasteiger partial charge in [-0.2, -0.15) is 0 Å². The van der Waals surface area contributed by atoms with E-state index < -0.39 is 17.4 Å². The predicted octanol–water partition coefficient (Wildman–Crippen LogP) is 3.17. The molecule has 8 heteroatoms. The molecule has 146 valence electrons. The molecule has 0 amide bonds. The van der Waals surface area contributed by atoms with Crippen molar-refractivity contribution in [1.82, 2.24) is 5.16 Å². The molecule has 1 aliphatic heterocycles. The molecule has 3 rings (SSSR count). The standard InChI is InChI=1S/C19H23FN2O5/c1-19(2,25)12-5-4-8-22(10-12)17-15(18(23)24)16(27-21-17)11-6-7-13(20)14(9-11)26-3/h6-7,9,12,25H,4-5,8,10H2,1-3H3,(H,23,24). The number of carbonyl (C=O) groups is 1. The monoisotopic (exact) mass is 378 g/mol. The molecule has 2 aromatic rings. The van der Waals surface area contributed by atoms with Crippen LogP contribution >= 0.6 is 0 Å². The van der Waals surface area contributed by atoms with Gasteiger partial charge < -0.3 is 24.4 Å². The van der Waals surface area contributed by atoms with Crippen LogP contribution in [0.25, 0.3) is 11.3 Å². The highest BCUT2D eigenvalue weighted by molar-refractivity contribution is 5.99. The number of piperidine rings is 1. The molecule has 7 nitrogen and oxygen atoms in total. The Balaban J connectivity index is 2.00. The van der Waals surface area contributed by atoms with Crippen LogP contribution in [0.4, 0.5) is 10.2 Å². The molecule has 2 heterocycles. The lowest BCUT2D eigenvalue weighted by Crippen LogP contribution is -2.45. The first-order valence-electron chi connectivity index (χ1n) is 8.76. The lowest BCUT2D eigenvalue weighted by molar-refractivity contribution is 0.0109. The van der Waals surface area contributed by atoms with Crippen LogP contribution in [0.15, 0.2) is 22.7 Å². The minimum atomic E-state index is -1.19. The van der Waals surface area contributed by atoms with Crippen molar-refractivity contribution in [3.8, 4) is 17.1 Å². The van der Waals surface area contributed by atoms with Crippen LogP contribution in [0, 0.1) is 11.7 Å². The Bertz CT molecular complexity index is 843. The van der Waals surface area contributed by atoms with Gasteiger partial charge in [0.1, 0.15) is 0 Å². The number of anilines is 1. The molecule has 0 spiro atoms. The van der Waals surface area contributed by atoms with Gasteiger partial charge in [-0.15, -0.1) is 0 Å². The van der Waals surface area contributed by atoms with Crippen LogP contribution < -0.4 is 9.64 Å². The lowest BCUT2D eigenvalue weighted by Gasteiger charge is -2.38. The fraction of sp³-hybridized carbons (Fsp3) is 0.474. The van der Waals surface area contributed by atoms with Crippen LogP contribution in [-0.2, 0) is 0 Å². The molecule has 2 N–H and O–H groups in total. The van der Waals surface area contributed by atoms with Gasteiger partial charge in [-0.05, 0) is 44.9 Å². The molecular weight excluding hydrogens is 355 g/mol. The van der Waals surface area contributed by atoms with Gasteiger partial charge in [0.25, 0.3) is 0 Å². The summed E-state index contributed by atoms with van der Waals surface area (Å²) in [5.74, 6) is -1.51. The quantitative estimate of drug-likeness (QED) is 0.825. The number of carboxylic acids is 1. The topological polar surface area (TPSA) is 96.0 Å². The third-order valence-electron chi connectivity index (χ3n) is 5.02. The van der Waals surface area contributed by atoms with E-state index in [0.29, 0.717) is 18.7 Å². The number of aliphatic hydroxyl groups is 1. The Morgan fingerprint density at radius 2 is 2.19 bits per heavy atom. The average molecular weight is 378 g/mol. The summed E-state index contributed by atoms with van der Waals surface area (Å²) in [5, 5.41) is 24.1. The molecule has 1 aliphatic rings. The first-order chi connectivity index (χ1) is 12.7. The third-order valence-corrected chi connectivity index (χ3v) is 5.02. The molecule has 0 radical (unpaired) electrons. The maximum Gasteiger partial charge on any atom is 0.343 e. The molecular formula is C19H23FN2O5. The van der Waals surface area contributed by atoms with Crippen molar-refractivity contribution in [3.05, 3.63) is 29.6 Å². The van der Waals surface area contributed by atoms with Crippen molar-refractivity contribution in [2.24, 2.45) is 5.92 Å². The Morgan fingerprint density at radius 3 is 2.81 bits per heavy atom. The minimum Gasteiger partial charge on any atom is -0.494 e. The summed E-state index contributed by atoms with van der Waals surface area (Å²) in [5.41, 5.74) is -0.598. The number of aromatic carboxylic acids is 1. The van der Waals surface area contributed by atoms with E-state index in [1.54, 1.807) is 13.8 Å². The van der Waals surface area contributed by atoms with Gasteiger partial charge in [0.2, 0.25) is 0 Å². The number of methoxy groups -OCH3 is 1. The van der Waals surface area contributed by atoms with E-state index in [1.165, 1.54) is 25.3 Å². The molecule has 1 fully saturated rings. The Hall–Kier alpha value is -2.61. The number of rotatable bonds is 5. The highest BCUT2D eigenvalue weighted by Gasteiger charge is 2.35. The average Bonchev–Trinajstić information content (AvgIpc) is 3.07. The largest absolute Gasteiger partial charge is 0.494 e. The summed E-state index contributed by atoms with van der Waals surface area (Å²) in [4.78, 5) is 13.8. The van der Waals surface area contributed by atoms with Gasteiger partial charge in [0.05, 0.1) is 12.7 Å². The molecule has 27 heavy (non-hydrogen) atoms. The Kier molecular flexibility index (Phi) is 5.10. The predicted molar refractivity (Wildman–Crippen MR) is 96.6 cm³/mol. The summed E-state index contributed by atoms with van der Waals surface area (Å²) in [7, 11) is 1.33. The first-order valence-corrected chi connectivity index (χ1v) is 8.76. The number of nitrogens with zero attached hydrogens (tertiary/aromatic N) is 2. The van der Waals surface area contributed by atoms with Crippen molar-refractivity contribution in [2.75, 3.05) is 25.1 Å². The second kappa shape index (κ2) is 7.19. The minimum absolute atomic E-state index is 0.0122. The van der Waals surface area contributed by atoms with E-state index in [1.807, 2.05) is 4.90 Å².